The molecule has 0 atom stereocenters. The number of hydrogen-bond donors (Lipinski definition) is 2. The Balaban J connectivity index is 1.89. The van der Waals surface area contributed by atoms with Crippen molar-refractivity contribution in [3.63, 3.8) is 0 Å². The normalized spacial score (nSPS) is 11.2. The fraction of sp³-hybridized carbons (Fsp3) is 0.316. The molecule has 26 heavy (non-hydrogen) atoms. The van der Waals surface area contributed by atoms with Gasteiger partial charge in [-0.1, -0.05) is 26.2 Å². The molecule has 1 amide bonds. The number of sulfonamides is 1. The number of carbonyl (C=O) groups excluding carboxylic acids is 1. The molecule has 6 nitrogen and oxygen atoms in total. The molecule has 0 heterocycles. The van der Waals surface area contributed by atoms with E-state index in [1.165, 1.54) is 37.1 Å². The summed E-state index contributed by atoms with van der Waals surface area (Å²) in [6, 6.07) is 12.6. The number of amides is 1. The maximum atomic E-state index is 12.2. The van der Waals surface area contributed by atoms with Crippen molar-refractivity contribution in [2.75, 3.05) is 11.9 Å². The molecule has 2 rings (SSSR count). The Morgan fingerprint density at radius 1 is 1.00 bits per heavy atom. The zero-order valence-corrected chi connectivity index (χ0v) is 15.6. The summed E-state index contributed by atoms with van der Waals surface area (Å²) in [7, 11) is -3.74. The standard InChI is InChI=1S/C19H24N2O4S/c1-2-3-4-5-14-25-17-10-6-15(7-11-17)19(22)21-16-8-12-18(13-9-16)26(20,23)24/h6-13H,2-5,14H2,1H3,(H,21,22)(H2,20,23,24). The van der Waals surface area contributed by atoms with Crippen molar-refractivity contribution in [2.24, 2.45) is 5.14 Å². The van der Waals surface area contributed by atoms with Gasteiger partial charge in [0.05, 0.1) is 11.5 Å². The average Bonchev–Trinajstić information content (AvgIpc) is 2.62. The van der Waals surface area contributed by atoms with Crippen molar-refractivity contribution < 1.29 is 17.9 Å². The molecular weight excluding hydrogens is 352 g/mol. The van der Waals surface area contributed by atoms with E-state index < -0.39 is 10.0 Å². The lowest BCUT2D eigenvalue weighted by molar-refractivity contribution is 0.102. The van der Waals surface area contributed by atoms with Gasteiger partial charge in [-0.05, 0) is 55.0 Å². The van der Waals surface area contributed by atoms with E-state index in [1.807, 2.05) is 0 Å². The van der Waals surface area contributed by atoms with E-state index in [9.17, 15) is 13.2 Å². The van der Waals surface area contributed by atoms with Crippen LogP contribution in [-0.2, 0) is 10.0 Å². The number of unbranched alkanes of at least 4 members (excludes halogenated alkanes) is 3. The van der Waals surface area contributed by atoms with Crippen LogP contribution in [0.25, 0.3) is 0 Å². The highest BCUT2D eigenvalue weighted by Gasteiger charge is 2.09. The first kappa shape index (κ1) is 19.9. The molecule has 140 valence electrons. The third-order valence-corrected chi connectivity index (χ3v) is 4.75. The maximum absolute atomic E-state index is 12.2. The number of anilines is 1. The van der Waals surface area contributed by atoms with Crippen LogP contribution in [0.4, 0.5) is 5.69 Å². The molecule has 0 spiro atoms. The predicted molar refractivity (Wildman–Crippen MR) is 102 cm³/mol. The van der Waals surface area contributed by atoms with Crippen molar-refractivity contribution in [2.45, 2.75) is 37.5 Å². The van der Waals surface area contributed by atoms with Crippen molar-refractivity contribution in [3.05, 3.63) is 54.1 Å². The summed E-state index contributed by atoms with van der Waals surface area (Å²) in [6.45, 7) is 2.83. The highest BCUT2D eigenvalue weighted by atomic mass is 32.2. The summed E-state index contributed by atoms with van der Waals surface area (Å²) >= 11 is 0. The molecule has 0 aliphatic heterocycles. The first-order valence-corrected chi connectivity index (χ1v) is 10.1. The van der Waals surface area contributed by atoms with Gasteiger partial charge < -0.3 is 10.1 Å². The van der Waals surface area contributed by atoms with Crippen molar-refractivity contribution in [3.8, 4) is 5.75 Å². The molecule has 0 radical (unpaired) electrons. The van der Waals surface area contributed by atoms with Crippen LogP contribution in [0.5, 0.6) is 5.75 Å². The molecule has 0 unspecified atom stereocenters. The number of rotatable bonds is 9. The Morgan fingerprint density at radius 2 is 1.65 bits per heavy atom. The zero-order valence-electron chi connectivity index (χ0n) is 14.8. The highest BCUT2D eigenvalue weighted by Crippen LogP contribution is 2.16. The van der Waals surface area contributed by atoms with Gasteiger partial charge >= 0.3 is 0 Å². The van der Waals surface area contributed by atoms with Crippen LogP contribution in [-0.4, -0.2) is 20.9 Å². The number of nitrogens with one attached hydrogen (secondary N) is 1. The Bertz CT molecular complexity index is 816. The zero-order chi connectivity index (χ0) is 19.0. The molecule has 2 aromatic rings. The average molecular weight is 376 g/mol. The first-order valence-electron chi connectivity index (χ1n) is 8.57. The summed E-state index contributed by atoms with van der Waals surface area (Å²) in [5.74, 6) is 0.443. The summed E-state index contributed by atoms with van der Waals surface area (Å²) < 4.78 is 28.1. The molecular formula is C19H24N2O4S. The number of carbonyl (C=O) groups is 1. The van der Waals surface area contributed by atoms with Gasteiger partial charge in [0, 0.05) is 11.3 Å². The minimum Gasteiger partial charge on any atom is -0.494 e. The minimum absolute atomic E-state index is 0.00376. The molecule has 0 aromatic heterocycles. The van der Waals surface area contributed by atoms with Crippen LogP contribution < -0.4 is 15.2 Å². The fourth-order valence-corrected chi connectivity index (χ4v) is 2.87. The Morgan fingerprint density at radius 3 is 2.23 bits per heavy atom. The quantitative estimate of drug-likeness (QED) is 0.654. The van der Waals surface area contributed by atoms with Gasteiger partial charge in [0.1, 0.15) is 5.75 Å². The van der Waals surface area contributed by atoms with Crippen molar-refractivity contribution in [1.82, 2.24) is 0 Å². The summed E-state index contributed by atoms with van der Waals surface area (Å²) in [4.78, 5) is 12.2. The number of hydrogen-bond acceptors (Lipinski definition) is 4. The molecule has 0 saturated carbocycles. The number of benzene rings is 2. The van der Waals surface area contributed by atoms with E-state index in [0.717, 1.165) is 18.6 Å². The predicted octanol–water partition coefficient (Wildman–Crippen LogP) is 3.55. The molecule has 0 fully saturated rings. The number of nitrogens with two attached hydrogens (primary N) is 1. The van der Waals surface area contributed by atoms with E-state index in [1.54, 1.807) is 24.3 Å². The van der Waals surface area contributed by atoms with Crippen LogP contribution in [0.2, 0.25) is 0 Å². The van der Waals surface area contributed by atoms with Gasteiger partial charge in [-0.3, -0.25) is 4.79 Å². The number of primary sulfonamides is 1. The van der Waals surface area contributed by atoms with Gasteiger partial charge in [0.25, 0.3) is 5.91 Å². The second-order valence-electron chi connectivity index (χ2n) is 5.96. The van der Waals surface area contributed by atoms with E-state index in [0.29, 0.717) is 17.9 Å². The van der Waals surface area contributed by atoms with Crippen molar-refractivity contribution >= 4 is 21.6 Å². The molecule has 7 heteroatoms. The molecule has 0 saturated heterocycles. The van der Waals surface area contributed by atoms with E-state index in [-0.39, 0.29) is 10.8 Å². The van der Waals surface area contributed by atoms with Crippen molar-refractivity contribution in [1.29, 1.82) is 0 Å². The molecule has 0 aliphatic carbocycles. The second kappa shape index (κ2) is 9.35. The third-order valence-electron chi connectivity index (χ3n) is 3.82. The second-order valence-corrected chi connectivity index (χ2v) is 7.52. The Kier molecular flexibility index (Phi) is 7.17. The lowest BCUT2D eigenvalue weighted by Crippen LogP contribution is -2.13. The first-order chi connectivity index (χ1) is 12.4. The molecule has 0 aliphatic rings. The van der Waals surface area contributed by atoms with Crippen LogP contribution in [0.3, 0.4) is 0 Å². The lowest BCUT2D eigenvalue weighted by Gasteiger charge is -2.08. The SMILES string of the molecule is CCCCCCOc1ccc(C(=O)Nc2ccc(S(N)(=O)=O)cc2)cc1. The van der Waals surface area contributed by atoms with Crippen LogP contribution in [0.1, 0.15) is 43.0 Å². The van der Waals surface area contributed by atoms with E-state index in [4.69, 9.17) is 9.88 Å². The van der Waals surface area contributed by atoms with E-state index in [2.05, 4.69) is 12.2 Å². The van der Waals surface area contributed by atoms with Gasteiger partial charge in [-0.2, -0.15) is 0 Å². The Hall–Kier alpha value is -2.38. The van der Waals surface area contributed by atoms with Gasteiger partial charge in [-0.25, -0.2) is 13.6 Å². The number of ether oxygens (including phenoxy) is 1. The maximum Gasteiger partial charge on any atom is 0.255 e. The molecule has 3 N–H and O–H groups in total. The third kappa shape index (κ3) is 6.16. The summed E-state index contributed by atoms with van der Waals surface area (Å²) in [6.07, 6.45) is 4.57. The topological polar surface area (TPSA) is 98.5 Å². The smallest absolute Gasteiger partial charge is 0.255 e. The van der Waals surface area contributed by atoms with Gasteiger partial charge in [0.2, 0.25) is 10.0 Å². The van der Waals surface area contributed by atoms with Gasteiger partial charge in [-0.15, -0.1) is 0 Å². The minimum atomic E-state index is -3.74. The van der Waals surface area contributed by atoms with E-state index >= 15 is 0 Å². The molecule has 0 bridgehead atoms. The fourth-order valence-electron chi connectivity index (χ4n) is 2.35. The van der Waals surface area contributed by atoms with Crippen LogP contribution in [0, 0.1) is 0 Å². The summed E-state index contributed by atoms with van der Waals surface area (Å²) in [5, 5.41) is 7.75. The van der Waals surface area contributed by atoms with Crippen LogP contribution >= 0.6 is 0 Å². The Labute approximate surface area is 154 Å². The lowest BCUT2D eigenvalue weighted by atomic mass is 10.2. The van der Waals surface area contributed by atoms with Crippen LogP contribution in [0.15, 0.2) is 53.4 Å². The molecule has 2 aromatic carbocycles. The largest absolute Gasteiger partial charge is 0.494 e. The monoisotopic (exact) mass is 376 g/mol. The van der Waals surface area contributed by atoms with Gasteiger partial charge in [0.15, 0.2) is 0 Å². The summed E-state index contributed by atoms with van der Waals surface area (Å²) in [5.41, 5.74) is 0.970. The highest BCUT2D eigenvalue weighted by molar-refractivity contribution is 7.89.